The Balaban J connectivity index is 3.08. The Morgan fingerprint density at radius 3 is 2.17 bits per heavy atom. The van der Waals surface area contributed by atoms with Crippen molar-refractivity contribution in [2.45, 2.75) is 6.10 Å². The molecular weight excluding hydrogens is 262 g/mol. The minimum atomic E-state index is -0.797. The van der Waals surface area contributed by atoms with Crippen LogP contribution in [0, 0.1) is 0 Å². The van der Waals surface area contributed by atoms with Gasteiger partial charge in [-0.05, 0) is 0 Å². The molecule has 0 radical (unpaired) electrons. The Hall–Kier alpha value is 0.820. The molecule has 6 heteroatoms. The minimum absolute atomic E-state index is 0.0763. The first-order valence-electron chi connectivity index (χ1n) is 2.95. The first-order chi connectivity index (χ1) is 5.57. The summed E-state index contributed by atoms with van der Waals surface area (Å²) in [5.41, 5.74) is 0. The van der Waals surface area contributed by atoms with Crippen LogP contribution >= 0.6 is 57.7 Å². The lowest BCUT2D eigenvalue weighted by molar-refractivity contribution is 0.206. The van der Waals surface area contributed by atoms with Crippen molar-refractivity contribution in [3.63, 3.8) is 0 Å². The average Bonchev–Trinajstić information content (AvgIpc) is 2.32. The average molecular weight is 266 g/mol. The largest absolute Gasteiger partial charge is 0.386 e. The van der Waals surface area contributed by atoms with Crippen molar-refractivity contribution in [2.75, 3.05) is 5.88 Å². The van der Waals surface area contributed by atoms with Crippen molar-refractivity contribution in [3.8, 4) is 0 Å². The van der Waals surface area contributed by atoms with Crippen molar-refractivity contribution in [1.29, 1.82) is 0 Å². The molecule has 1 unspecified atom stereocenters. The molecule has 0 saturated heterocycles. The molecule has 0 saturated carbocycles. The van der Waals surface area contributed by atoms with Crippen LogP contribution in [0.2, 0.25) is 14.4 Å². The van der Waals surface area contributed by atoms with Gasteiger partial charge in [-0.2, -0.15) is 0 Å². The highest BCUT2D eigenvalue weighted by Gasteiger charge is 2.18. The zero-order valence-electron chi connectivity index (χ0n) is 5.65. The number of aliphatic hydroxyl groups is 1. The van der Waals surface area contributed by atoms with E-state index in [1.165, 1.54) is 0 Å². The fraction of sp³-hybridized carbons (Fsp3) is 0.333. The summed E-state index contributed by atoms with van der Waals surface area (Å²) in [4.78, 5) is 0.515. The van der Waals surface area contributed by atoms with Crippen molar-refractivity contribution < 1.29 is 5.11 Å². The van der Waals surface area contributed by atoms with Gasteiger partial charge in [-0.1, -0.05) is 34.8 Å². The molecular formula is C6H4Cl4OS. The van der Waals surface area contributed by atoms with Crippen molar-refractivity contribution >= 4 is 57.7 Å². The van der Waals surface area contributed by atoms with E-state index in [4.69, 9.17) is 46.4 Å². The Labute approximate surface area is 93.8 Å². The second kappa shape index (κ2) is 4.36. The van der Waals surface area contributed by atoms with E-state index >= 15 is 0 Å². The van der Waals surface area contributed by atoms with Gasteiger partial charge in [0.1, 0.15) is 10.4 Å². The molecule has 0 aromatic carbocycles. The number of aliphatic hydroxyl groups excluding tert-OH is 1. The summed E-state index contributed by atoms with van der Waals surface area (Å²) in [6.07, 6.45) is -0.797. The van der Waals surface area contributed by atoms with Crippen molar-refractivity contribution in [3.05, 3.63) is 19.3 Å². The number of thiophene rings is 1. The highest BCUT2D eigenvalue weighted by atomic mass is 35.5. The third-order valence-corrected chi connectivity index (χ3v) is 4.21. The third kappa shape index (κ3) is 2.00. The highest BCUT2D eigenvalue weighted by Crippen LogP contribution is 2.43. The van der Waals surface area contributed by atoms with Crippen LogP contribution in [0.5, 0.6) is 0 Å². The van der Waals surface area contributed by atoms with Gasteiger partial charge in [-0.25, -0.2) is 0 Å². The van der Waals surface area contributed by atoms with Gasteiger partial charge in [0.15, 0.2) is 0 Å². The monoisotopic (exact) mass is 264 g/mol. The molecule has 0 aliphatic carbocycles. The van der Waals surface area contributed by atoms with Gasteiger partial charge >= 0.3 is 0 Å². The fourth-order valence-corrected chi connectivity index (χ4v) is 2.76. The molecule has 1 heterocycles. The molecule has 1 aromatic rings. The Bertz CT molecular complexity index is 285. The van der Waals surface area contributed by atoms with Gasteiger partial charge in [0, 0.05) is 0 Å². The van der Waals surface area contributed by atoms with Gasteiger partial charge in [0.05, 0.1) is 20.8 Å². The Morgan fingerprint density at radius 1 is 1.25 bits per heavy atom. The lowest BCUT2D eigenvalue weighted by Crippen LogP contribution is -1.95. The number of rotatable bonds is 2. The van der Waals surface area contributed by atoms with Crippen LogP contribution in [0.25, 0.3) is 0 Å². The summed E-state index contributed by atoms with van der Waals surface area (Å²) in [7, 11) is 0. The van der Waals surface area contributed by atoms with E-state index in [-0.39, 0.29) is 10.9 Å². The summed E-state index contributed by atoms with van der Waals surface area (Å²) in [6, 6.07) is 0. The van der Waals surface area contributed by atoms with Crippen LogP contribution < -0.4 is 0 Å². The SMILES string of the molecule is OC(CCl)c1sc(Cl)c(Cl)c1Cl. The molecule has 1 N–H and O–H groups in total. The third-order valence-electron chi connectivity index (χ3n) is 1.23. The van der Waals surface area contributed by atoms with Crippen LogP contribution in [0.15, 0.2) is 0 Å². The maximum absolute atomic E-state index is 9.32. The molecule has 12 heavy (non-hydrogen) atoms. The molecule has 1 rings (SSSR count). The molecule has 0 aliphatic heterocycles. The molecule has 0 aliphatic rings. The van der Waals surface area contributed by atoms with Crippen molar-refractivity contribution in [1.82, 2.24) is 0 Å². The topological polar surface area (TPSA) is 20.2 Å². The fourth-order valence-electron chi connectivity index (χ4n) is 0.665. The Morgan fingerprint density at radius 2 is 1.83 bits per heavy atom. The van der Waals surface area contributed by atoms with Gasteiger partial charge in [-0.15, -0.1) is 22.9 Å². The Kier molecular flexibility index (Phi) is 3.96. The number of alkyl halides is 1. The van der Waals surface area contributed by atoms with Gasteiger partial charge < -0.3 is 5.11 Å². The summed E-state index contributed by atoms with van der Waals surface area (Å²) >= 11 is 23.7. The lowest BCUT2D eigenvalue weighted by atomic mass is 10.3. The maximum atomic E-state index is 9.32. The molecule has 1 atom stereocenters. The van der Waals surface area contributed by atoms with E-state index in [1.54, 1.807) is 0 Å². The number of halogens is 4. The van der Waals surface area contributed by atoms with E-state index in [1.807, 2.05) is 0 Å². The smallest absolute Gasteiger partial charge is 0.113 e. The second-order valence-corrected chi connectivity index (χ2v) is 4.76. The zero-order valence-corrected chi connectivity index (χ0v) is 9.49. The molecule has 1 aromatic heterocycles. The predicted octanol–water partition coefficient (Wildman–Crippen LogP) is 3.98. The zero-order chi connectivity index (χ0) is 9.30. The van der Waals surface area contributed by atoms with Crippen molar-refractivity contribution in [2.24, 2.45) is 0 Å². The lowest BCUT2D eigenvalue weighted by Gasteiger charge is -2.02. The van der Waals surface area contributed by atoms with E-state index in [9.17, 15) is 5.11 Å². The van der Waals surface area contributed by atoms with E-state index in [0.717, 1.165) is 11.3 Å². The summed E-state index contributed by atoms with van der Waals surface area (Å²) in [5.74, 6) is 0.0763. The molecule has 0 bridgehead atoms. The van der Waals surface area contributed by atoms with Crippen LogP contribution in [-0.2, 0) is 0 Å². The number of hydrogen-bond donors (Lipinski definition) is 1. The predicted molar refractivity (Wildman–Crippen MR) is 55.0 cm³/mol. The van der Waals surface area contributed by atoms with E-state index in [0.29, 0.717) is 14.2 Å². The molecule has 1 nitrogen and oxygen atoms in total. The first kappa shape index (κ1) is 10.9. The minimum Gasteiger partial charge on any atom is -0.386 e. The van der Waals surface area contributed by atoms with Crippen LogP contribution in [-0.4, -0.2) is 11.0 Å². The van der Waals surface area contributed by atoms with Gasteiger partial charge in [0.2, 0.25) is 0 Å². The number of hydrogen-bond acceptors (Lipinski definition) is 2. The van der Waals surface area contributed by atoms with E-state index in [2.05, 4.69) is 0 Å². The molecule has 0 amide bonds. The summed E-state index contributed by atoms with van der Waals surface area (Å²) < 4.78 is 0.376. The highest BCUT2D eigenvalue weighted by molar-refractivity contribution is 7.17. The summed E-state index contributed by atoms with van der Waals surface area (Å²) in [5, 5.41) is 9.90. The molecule has 0 fully saturated rings. The normalized spacial score (nSPS) is 13.4. The van der Waals surface area contributed by atoms with Gasteiger partial charge in [0.25, 0.3) is 0 Å². The molecule has 68 valence electrons. The summed E-state index contributed by atoms with van der Waals surface area (Å²) in [6.45, 7) is 0. The van der Waals surface area contributed by atoms with Gasteiger partial charge in [-0.3, -0.25) is 0 Å². The van der Waals surface area contributed by atoms with Crippen LogP contribution in [0.4, 0.5) is 0 Å². The quantitative estimate of drug-likeness (QED) is 0.802. The first-order valence-corrected chi connectivity index (χ1v) is 5.43. The molecule has 0 spiro atoms. The standard InChI is InChI=1S/C6H4Cl4OS/c7-1-2(11)5-3(8)4(9)6(10)12-5/h2,11H,1H2. The second-order valence-electron chi connectivity index (χ2n) is 2.04. The van der Waals surface area contributed by atoms with Crippen LogP contribution in [0.3, 0.4) is 0 Å². The maximum Gasteiger partial charge on any atom is 0.113 e. The van der Waals surface area contributed by atoms with E-state index < -0.39 is 6.10 Å². The van der Waals surface area contributed by atoms with Crippen LogP contribution in [0.1, 0.15) is 11.0 Å².